The zero-order valence-electron chi connectivity index (χ0n) is 9.62. The molecule has 1 rings (SSSR count). The minimum absolute atomic E-state index is 0.321. The molecule has 0 aliphatic rings. The van der Waals surface area contributed by atoms with E-state index in [1.165, 1.54) is 13.5 Å². The number of esters is 1. The highest BCUT2D eigenvalue weighted by Crippen LogP contribution is 2.04. The van der Waals surface area contributed by atoms with Gasteiger partial charge in [0.15, 0.2) is 0 Å². The molecule has 0 aliphatic carbocycles. The molecule has 84 valence electrons. The van der Waals surface area contributed by atoms with E-state index in [0.717, 1.165) is 5.56 Å². The molecule has 0 aromatic heterocycles. The Kier molecular flexibility index (Phi) is 7.28. The van der Waals surface area contributed by atoms with Crippen molar-refractivity contribution in [3.8, 4) is 0 Å². The average molecular weight is 209 g/mol. The summed E-state index contributed by atoms with van der Waals surface area (Å²) in [6, 6.07) is 7.03. The molecule has 0 bridgehead atoms. The third kappa shape index (κ3) is 5.18. The Morgan fingerprint density at radius 3 is 2.07 bits per heavy atom. The van der Waals surface area contributed by atoms with Crippen molar-refractivity contribution in [2.75, 3.05) is 7.11 Å². The van der Waals surface area contributed by atoms with Crippen LogP contribution in [0.1, 0.15) is 36.2 Å². The second-order valence-corrected chi connectivity index (χ2v) is 3.10. The first-order chi connectivity index (χ1) is 7.19. The molecule has 0 amide bonds. The molecule has 0 heterocycles. The van der Waals surface area contributed by atoms with E-state index in [1.54, 1.807) is 12.1 Å². The highest BCUT2D eigenvalue weighted by molar-refractivity contribution is 5.89. The lowest BCUT2D eigenvalue weighted by atomic mass is 10.1. The lowest BCUT2D eigenvalue weighted by molar-refractivity contribution is 0.0600. The summed E-state index contributed by atoms with van der Waals surface area (Å²) >= 11 is 0. The van der Waals surface area contributed by atoms with Crippen LogP contribution in [0.4, 0.5) is 0 Å². The zero-order chi connectivity index (χ0) is 11.7. The SMILES string of the molecule is CCC.COC(=O)c1ccc(CN)cc1. The fourth-order valence-electron chi connectivity index (χ4n) is 0.895. The number of nitrogens with two attached hydrogens (primary N) is 1. The number of hydrogen-bond donors (Lipinski definition) is 1. The van der Waals surface area contributed by atoms with Crippen molar-refractivity contribution in [3.63, 3.8) is 0 Å². The molecule has 0 fully saturated rings. The Morgan fingerprint density at radius 1 is 1.27 bits per heavy atom. The van der Waals surface area contributed by atoms with E-state index in [-0.39, 0.29) is 5.97 Å². The molecule has 0 spiro atoms. The summed E-state index contributed by atoms with van der Waals surface area (Å²) < 4.78 is 4.54. The van der Waals surface area contributed by atoms with Crippen LogP contribution in [0.2, 0.25) is 0 Å². The van der Waals surface area contributed by atoms with Crippen LogP contribution in [0.15, 0.2) is 24.3 Å². The number of carbonyl (C=O) groups is 1. The molecule has 3 nitrogen and oxygen atoms in total. The summed E-state index contributed by atoms with van der Waals surface area (Å²) in [7, 11) is 1.36. The van der Waals surface area contributed by atoms with Crippen LogP contribution >= 0.6 is 0 Å². The molecule has 1 aromatic rings. The smallest absolute Gasteiger partial charge is 0.337 e. The highest BCUT2D eigenvalue weighted by atomic mass is 16.5. The topological polar surface area (TPSA) is 52.3 Å². The van der Waals surface area contributed by atoms with Gasteiger partial charge in [-0.2, -0.15) is 0 Å². The van der Waals surface area contributed by atoms with Crippen LogP contribution in [0.3, 0.4) is 0 Å². The van der Waals surface area contributed by atoms with Gasteiger partial charge in [0.2, 0.25) is 0 Å². The van der Waals surface area contributed by atoms with Crippen LogP contribution in [0.25, 0.3) is 0 Å². The Morgan fingerprint density at radius 2 is 1.73 bits per heavy atom. The maximum absolute atomic E-state index is 11.0. The van der Waals surface area contributed by atoms with Crippen molar-refractivity contribution in [3.05, 3.63) is 35.4 Å². The minimum Gasteiger partial charge on any atom is -0.465 e. The Bertz CT molecular complexity index is 280. The molecule has 0 aliphatic heterocycles. The molecule has 2 N–H and O–H groups in total. The van der Waals surface area contributed by atoms with Crippen molar-refractivity contribution >= 4 is 5.97 Å². The third-order valence-electron chi connectivity index (χ3n) is 1.61. The molecule has 0 atom stereocenters. The number of hydrogen-bond acceptors (Lipinski definition) is 3. The summed E-state index contributed by atoms with van der Waals surface area (Å²) in [5.74, 6) is -0.321. The average Bonchev–Trinajstić information content (AvgIpc) is 2.29. The van der Waals surface area contributed by atoms with Gasteiger partial charge in [-0.1, -0.05) is 32.4 Å². The van der Waals surface area contributed by atoms with Gasteiger partial charge in [-0.3, -0.25) is 0 Å². The molecule has 0 saturated heterocycles. The van der Waals surface area contributed by atoms with Crippen molar-refractivity contribution in [2.24, 2.45) is 5.73 Å². The molecule has 1 aromatic carbocycles. The van der Waals surface area contributed by atoms with Crippen LogP contribution in [0.5, 0.6) is 0 Å². The van der Waals surface area contributed by atoms with E-state index in [2.05, 4.69) is 18.6 Å². The van der Waals surface area contributed by atoms with Gasteiger partial charge in [0.25, 0.3) is 0 Å². The summed E-state index contributed by atoms with van der Waals surface area (Å²) in [5, 5.41) is 0. The number of ether oxygens (including phenoxy) is 1. The van der Waals surface area contributed by atoms with E-state index < -0.39 is 0 Å². The molecular weight excluding hydrogens is 190 g/mol. The predicted octanol–water partition coefficient (Wildman–Crippen LogP) is 2.35. The minimum atomic E-state index is -0.321. The van der Waals surface area contributed by atoms with E-state index in [9.17, 15) is 4.79 Å². The second kappa shape index (κ2) is 8.00. The highest BCUT2D eigenvalue weighted by Gasteiger charge is 2.02. The van der Waals surface area contributed by atoms with E-state index in [4.69, 9.17) is 5.73 Å². The fraction of sp³-hybridized carbons (Fsp3) is 0.417. The Hall–Kier alpha value is -1.35. The van der Waals surface area contributed by atoms with E-state index in [0.29, 0.717) is 12.1 Å². The van der Waals surface area contributed by atoms with Gasteiger partial charge in [-0.25, -0.2) is 4.79 Å². The van der Waals surface area contributed by atoms with Crippen molar-refractivity contribution < 1.29 is 9.53 Å². The van der Waals surface area contributed by atoms with Crippen LogP contribution in [-0.4, -0.2) is 13.1 Å². The molecule has 0 unspecified atom stereocenters. The maximum Gasteiger partial charge on any atom is 0.337 e. The number of benzene rings is 1. The molecule has 0 radical (unpaired) electrons. The van der Waals surface area contributed by atoms with Gasteiger partial charge < -0.3 is 10.5 Å². The first kappa shape index (κ1) is 13.7. The predicted molar refractivity (Wildman–Crippen MR) is 61.6 cm³/mol. The van der Waals surface area contributed by atoms with Gasteiger partial charge in [0.1, 0.15) is 0 Å². The van der Waals surface area contributed by atoms with Gasteiger partial charge in [0.05, 0.1) is 12.7 Å². The van der Waals surface area contributed by atoms with Crippen molar-refractivity contribution in [1.82, 2.24) is 0 Å². The monoisotopic (exact) mass is 209 g/mol. The number of rotatable bonds is 2. The van der Waals surface area contributed by atoms with Crippen molar-refractivity contribution in [2.45, 2.75) is 26.8 Å². The summed E-state index contributed by atoms with van der Waals surface area (Å²) in [6.07, 6.45) is 1.25. The van der Waals surface area contributed by atoms with Gasteiger partial charge in [-0.05, 0) is 17.7 Å². The first-order valence-electron chi connectivity index (χ1n) is 5.06. The fourth-order valence-corrected chi connectivity index (χ4v) is 0.895. The van der Waals surface area contributed by atoms with Gasteiger partial charge >= 0.3 is 5.97 Å². The lowest BCUT2D eigenvalue weighted by Crippen LogP contribution is -2.02. The number of carbonyl (C=O) groups excluding carboxylic acids is 1. The maximum atomic E-state index is 11.0. The van der Waals surface area contributed by atoms with E-state index >= 15 is 0 Å². The largest absolute Gasteiger partial charge is 0.465 e. The summed E-state index contributed by atoms with van der Waals surface area (Å²) in [4.78, 5) is 11.0. The zero-order valence-corrected chi connectivity index (χ0v) is 9.62. The second-order valence-electron chi connectivity index (χ2n) is 3.10. The third-order valence-corrected chi connectivity index (χ3v) is 1.61. The summed E-state index contributed by atoms with van der Waals surface area (Å²) in [5.41, 5.74) is 6.95. The quantitative estimate of drug-likeness (QED) is 0.761. The van der Waals surface area contributed by atoms with Crippen molar-refractivity contribution in [1.29, 1.82) is 0 Å². The standard InChI is InChI=1S/C9H11NO2.C3H8/c1-12-9(11)8-4-2-7(6-10)3-5-8;1-3-2/h2-5H,6,10H2,1H3;3H2,1-2H3. The first-order valence-corrected chi connectivity index (χ1v) is 5.06. The Balaban J connectivity index is 0.000000583. The molecule has 15 heavy (non-hydrogen) atoms. The van der Waals surface area contributed by atoms with Gasteiger partial charge in [-0.15, -0.1) is 0 Å². The lowest BCUT2D eigenvalue weighted by Gasteiger charge is -1.99. The Labute approximate surface area is 91.2 Å². The van der Waals surface area contributed by atoms with Crippen LogP contribution < -0.4 is 5.73 Å². The number of methoxy groups -OCH3 is 1. The molecule has 3 heteroatoms. The summed E-state index contributed by atoms with van der Waals surface area (Å²) in [6.45, 7) is 4.74. The van der Waals surface area contributed by atoms with Crippen LogP contribution in [-0.2, 0) is 11.3 Å². The molecular formula is C12H19NO2. The van der Waals surface area contributed by atoms with Gasteiger partial charge in [0, 0.05) is 6.54 Å². The normalized spacial score (nSPS) is 8.80. The molecule has 0 saturated carbocycles. The van der Waals surface area contributed by atoms with Crippen LogP contribution in [0, 0.1) is 0 Å². The van der Waals surface area contributed by atoms with E-state index in [1.807, 2.05) is 12.1 Å².